The number of amides is 1. The van der Waals surface area contributed by atoms with Crippen molar-refractivity contribution < 1.29 is 137 Å². The third kappa shape index (κ3) is 21.1. The van der Waals surface area contributed by atoms with Crippen molar-refractivity contribution in [2.24, 2.45) is 0 Å². The fourth-order valence-electron chi connectivity index (χ4n) is 17.5. The van der Waals surface area contributed by atoms with Gasteiger partial charge in [0.1, 0.15) is 51.2 Å². The number of methoxy groups -OCH3 is 3. The number of nitrogens with zero attached hydrogens (tertiary/aromatic N) is 7. The zero-order chi connectivity index (χ0) is 88.8. The summed E-state index contributed by atoms with van der Waals surface area (Å²) in [6, 6.07) is 23.8. The topological polar surface area (TPSA) is 365 Å². The van der Waals surface area contributed by atoms with Gasteiger partial charge in [-0.05, 0) is 151 Å². The summed E-state index contributed by atoms with van der Waals surface area (Å²) in [5.74, 6) is -3.68. The van der Waals surface area contributed by atoms with E-state index in [0.29, 0.717) is 229 Å². The summed E-state index contributed by atoms with van der Waals surface area (Å²) < 4.78 is 123. The van der Waals surface area contributed by atoms with Gasteiger partial charge in [-0.2, -0.15) is 0 Å². The minimum Gasteiger partial charge on any atom is -0.870 e. The second-order valence-corrected chi connectivity index (χ2v) is 32.7. The first kappa shape index (κ1) is 94.2. The largest absolute Gasteiger partial charge is 1.00 e. The van der Waals surface area contributed by atoms with E-state index >= 15 is 0 Å². The predicted octanol–water partition coefficient (Wildman–Crippen LogP) is 10.1. The average Bonchev–Trinajstić information content (AvgIpc) is 1.40. The molecule has 12 heterocycles. The van der Waals surface area contributed by atoms with E-state index < -0.39 is 70.9 Å². The second kappa shape index (κ2) is 41.3. The van der Waals surface area contributed by atoms with Gasteiger partial charge in [-0.25, -0.2) is 41.5 Å². The molecule has 0 bridgehead atoms. The molecule has 6 aromatic carbocycles. The molecule has 10 aromatic rings. The summed E-state index contributed by atoms with van der Waals surface area (Å²) in [5.41, 5.74) is 3.98. The number of fused-ring (bicyclic) bond motifs is 4. The zero-order valence-corrected chi connectivity index (χ0v) is 74.1. The molecule has 4 atom stereocenters. The van der Waals surface area contributed by atoms with Crippen LogP contribution in [0.2, 0.25) is 0 Å². The number of carbonyl (C=O) groups is 5. The molecule has 0 aliphatic carbocycles. The maximum absolute atomic E-state index is 14.0. The van der Waals surface area contributed by atoms with Crippen molar-refractivity contribution in [3.05, 3.63) is 218 Å². The quantitative estimate of drug-likeness (QED) is 0.0442. The van der Waals surface area contributed by atoms with E-state index in [-0.39, 0.29) is 102 Å². The van der Waals surface area contributed by atoms with E-state index in [1.807, 2.05) is 50.2 Å². The maximum Gasteiger partial charge on any atom is 1.00 e. The summed E-state index contributed by atoms with van der Waals surface area (Å²) in [4.78, 5) is 127. The number of nitrogens with one attached hydrogen (secondary N) is 1. The van der Waals surface area contributed by atoms with Gasteiger partial charge < -0.3 is 106 Å². The van der Waals surface area contributed by atoms with Crippen molar-refractivity contribution in [2.75, 3.05) is 182 Å². The Bertz CT molecular complexity index is 5990. The van der Waals surface area contributed by atoms with Crippen molar-refractivity contribution in [1.82, 2.24) is 10.2 Å². The van der Waals surface area contributed by atoms with Crippen LogP contribution in [-0.2, 0) is 37.9 Å². The molecule has 128 heavy (non-hydrogen) atoms. The van der Waals surface area contributed by atoms with Crippen LogP contribution in [0.4, 0.5) is 57.3 Å². The monoisotopic (exact) mass is 1780 g/mol. The molecule has 4 aromatic heterocycles. The van der Waals surface area contributed by atoms with Gasteiger partial charge in [0.05, 0.1) is 136 Å². The third-order valence-corrected chi connectivity index (χ3v) is 23.4. The number of carboxylic acids is 1. The van der Waals surface area contributed by atoms with Gasteiger partial charge >= 0.3 is 59.5 Å². The molecule has 674 valence electrons. The standard InChI is InChI=1S/C25H24F2N2O5.C24H22F2N2O5.C24H30N2O7.C19H22N2O5.Na.H2O/c1-32-25(31)15-9-19(21-3-2-4-29(21)18-12-16(26)11-17(27)13-18)24-20(10-15)22(30)14-23(34-24)28-5-7-33-8-6-28;25-15-10-16(26)12-17(11-15)28-3-1-2-20(28)18-8-14(24(30)31)9-19-21(29)13-22(33-23(18)19)27-4-6-32-7-5-27;1-24(2,3)33-23(29)26-7-5-6-18(26)16-12-15(22(28)30-4)13-17-19(27)14-20(32-21(16)17)25-8-10-31-11-9-25;1-24-19(23)12-9-13(15-3-2-4-20-15)18-14(10-12)16(22)11-17(26-18)21-5-7-25-8-6-21;;/h9-14,21H,2-8H2,1H3;8-13,20H,1-7H2,(H,30,31);12-14,18H,5-11H2,1-4H3;9-11,15,20H,2-8H2,1H3;;1H2/q;;;;+1;/p-1/t21-;20-;18-;15-;;/m1111../s1. The van der Waals surface area contributed by atoms with Crippen molar-refractivity contribution in [2.45, 2.75) is 102 Å². The van der Waals surface area contributed by atoms with Crippen LogP contribution in [0.3, 0.4) is 0 Å². The molecular formula is C92H99F4N8NaO23. The molecule has 8 saturated heterocycles. The average molecular weight is 1780 g/mol. The number of ether oxygens (including phenoxy) is 8. The van der Waals surface area contributed by atoms with Gasteiger partial charge in [-0.15, -0.1) is 0 Å². The molecule has 0 radical (unpaired) electrons. The van der Waals surface area contributed by atoms with E-state index in [0.717, 1.165) is 56.3 Å². The van der Waals surface area contributed by atoms with E-state index in [1.165, 1.54) is 94.1 Å². The van der Waals surface area contributed by atoms with Gasteiger partial charge in [-0.3, -0.25) is 19.2 Å². The molecule has 0 unspecified atom stereocenters. The number of anilines is 6. The Balaban J connectivity index is 0.000000146. The molecule has 31 nitrogen and oxygen atoms in total. The van der Waals surface area contributed by atoms with E-state index in [9.17, 15) is 65.8 Å². The first-order valence-electron chi connectivity index (χ1n) is 42.1. The Morgan fingerprint density at radius 1 is 0.391 bits per heavy atom. The molecule has 8 fully saturated rings. The molecule has 0 spiro atoms. The maximum atomic E-state index is 14.0. The number of carboxylic acid groups (broad SMARTS) is 1. The van der Waals surface area contributed by atoms with Crippen LogP contribution in [0.15, 0.2) is 146 Å². The smallest absolute Gasteiger partial charge is 0.870 e. The van der Waals surface area contributed by atoms with Crippen LogP contribution in [-0.4, -0.2) is 204 Å². The van der Waals surface area contributed by atoms with Crippen molar-refractivity contribution >= 4 is 109 Å². The number of likely N-dealkylation sites (tertiary alicyclic amines) is 1. The minimum atomic E-state index is -1.17. The van der Waals surface area contributed by atoms with Gasteiger partial charge in [0.25, 0.3) is 0 Å². The summed E-state index contributed by atoms with van der Waals surface area (Å²) in [7, 11) is 3.90. The Hall–Kier alpha value is -11.4. The first-order valence-corrected chi connectivity index (χ1v) is 42.1. The number of morpholine rings is 4. The predicted molar refractivity (Wildman–Crippen MR) is 461 cm³/mol. The van der Waals surface area contributed by atoms with Crippen molar-refractivity contribution in [1.29, 1.82) is 0 Å². The van der Waals surface area contributed by atoms with Crippen LogP contribution in [0, 0.1) is 23.3 Å². The molecule has 3 N–H and O–H groups in total. The Morgan fingerprint density at radius 2 is 0.695 bits per heavy atom. The molecule has 36 heteroatoms. The molecule has 8 aliphatic rings. The summed E-state index contributed by atoms with van der Waals surface area (Å²) in [6.07, 6.45) is 5.73. The van der Waals surface area contributed by atoms with Gasteiger partial charge in [0.2, 0.25) is 0 Å². The Kier molecular flexibility index (Phi) is 30.4. The van der Waals surface area contributed by atoms with Crippen LogP contribution >= 0.6 is 0 Å². The Labute approximate surface area is 753 Å². The molecular weight excluding hydrogens is 1680 g/mol. The zero-order valence-electron chi connectivity index (χ0n) is 72.1. The summed E-state index contributed by atoms with van der Waals surface area (Å²) in [6.45, 7) is 17.2. The molecule has 0 saturated carbocycles. The number of benzene rings is 6. The van der Waals surface area contributed by atoms with Crippen LogP contribution in [0.5, 0.6) is 0 Å². The number of halogens is 4. The first-order chi connectivity index (χ1) is 60.7. The summed E-state index contributed by atoms with van der Waals surface area (Å²) in [5, 5.41) is 14.2. The van der Waals surface area contributed by atoms with Gasteiger partial charge in [0, 0.05) is 148 Å². The van der Waals surface area contributed by atoms with Gasteiger partial charge in [-0.1, -0.05) is 0 Å². The minimum absolute atomic E-state index is 0. The fourth-order valence-corrected chi connectivity index (χ4v) is 17.5. The number of hydrogen-bond acceptors (Lipinski definition) is 29. The van der Waals surface area contributed by atoms with Crippen LogP contribution in [0.25, 0.3) is 43.9 Å². The van der Waals surface area contributed by atoms with Crippen molar-refractivity contribution in [3.8, 4) is 0 Å². The number of rotatable bonds is 14. The molecule has 18 rings (SSSR count). The number of hydrogen-bond donors (Lipinski definition) is 2. The SMILES string of the molecule is COC(=O)c1cc([C@H]2CCCN2)c2oc(N3CCOCC3)cc(=O)c2c1.COC(=O)c1cc([C@H]2CCCN2C(=O)OC(C)(C)C)c2oc(N3CCOCC3)cc(=O)c2c1.COC(=O)c1cc([C@H]2CCCN2c2cc(F)cc(F)c2)c2oc(N3CCOCC3)cc(=O)c2c1.O=C(O)c1cc([C@H]2CCCN2c2cc(F)cc(F)c2)c2oc(N3CCOCC3)cc(=O)c2c1.[Na+].[OH-]. The number of esters is 3. The normalized spacial score (nSPS) is 18.8. The third-order valence-electron chi connectivity index (χ3n) is 23.4. The molecule has 1 amide bonds. The van der Waals surface area contributed by atoms with Crippen LogP contribution in [0.1, 0.15) is 160 Å². The Morgan fingerprint density at radius 3 is 1.02 bits per heavy atom. The molecule has 8 aliphatic heterocycles. The van der Waals surface area contributed by atoms with Crippen molar-refractivity contribution in [3.63, 3.8) is 0 Å². The van der Waals surface area contributed by atoms with E-state index in [1.54, 1.807) is 29.2 Å². The number of aromatic carboxylic acids is 1. The van der Waals surface area contributed by atoms with E-state index in [2.05, 4.69) is 5.32 Å². The number of carbonyl (C=O) groups excluding carboxylic acids is 4. The fraction of sp³-hybridized carbons (Fsp3) is 0.424. The van der Waals surface area contributed by atoms with Crippen LogP contribution < -0.4 is 86.0 Å². The second-order valence-electron chi connectivity index (χ2n) is 32.7. The van der Waals surface area contributed by atoms with Gasteiger partial charge in [0.15, 0.2) is 45.3 Å². The summed E-state index contributed by atoms with van der Waals surface area (Å²) >= 11 is 0. The van der Waals surface area contributed by atoms with E-state index in [4.69, 9.17) is 55.6 Å².